The van der Waals surface area contributed by atoms with Gasteiger partial charge in [0.25, 0.3) is 0 Å². The fourth-order valence-corrected chi connectivity index (χ4v) is 0.577. The van der Waals surface area contributed by atoms with Gasteiger partial charge in [0, 0.05) is 0 Å². The lowest BCUT2D eigenvalue weighted by molar-refractivity contribution is -0.140. The second kappa shape index (κ2) is 8.57. The van der Waals surface area contributed by atoms with E-state index in [1.807, 2.05) is 0 Å². The van der Waals surface area contributed by atoms with E-state index in [1.165, 1.54) is 12.8 Å². The zero-order valence-electron chi connectivity index (χ0n) is 8.92. The van der Waals surface area contributed by atoms with Crippen LogP contribution in [0.5, 0.6) is 0 Å². The predicted molar refractivity (Wildman–Crippen MR) is 52.2 cm³/mol. The van der Waals surface area contributed by atoms with E-state index in [-0.39, 0.29) is 5.92 Å². The van der Waals surface area contributed by atoms with Crippen molar-refractivity contribution in [2.45, 2.75) is 47.5 Å². The van der Waals surface area contributed by atoms with Crippen LogP contribution in [0.3, 0.4) is 0 Å². The summed E-state index contributed by atoms with van der Waals surface area (Å²) >= 11 is 0. The van der Waals surface area contributed by atoms with Crippen molar-refractivity contribution in [1.82, 2.24) is 0 Å². The molecule has 0 saturated carbocycles. The molecule has 0 amide bonds. The molecule has 74 valence electrons. The molecule has 1 N–H and O–H groups in total. The second-order valence-corrected chi connectivity index (χ2v) is 3.68. The highest BCUT2D eigenvalue weighted by Gasteiger charge is 1.99. The molecule has 0 unspecified atom stereocenters. The zero-order valence-corrected chi connectivity index (χ0v) is 8.92. The van der Waals surface area contributed by atoms with Gasteiger partial charge in [-0.25, -0.2) is 0 Å². The summed E-state index contributed by atoms with van der Waals surface area (Å²) in [6.07, 6.45) is 2.71. The van der Waals surface area contributed by atoms with E-state index in [2.05, 4.69) is 20.8 Å². The average molecular weight is 174 g/mol. The van der Waals surface area contributed by atoms with E-state index in [1.54, 1.807) is 13.8 Å². The number of rotatable bonds is 3. The molecule has 0 spiro atoms. The van der Waals surface area contributed by atoms with Gasteiger partial charge >= 0.3 is 5.97 Å². The van der Waals surface area contributed by atoms with Gasteiger partial charge in [-0.1, -0.05) is 47.5 Å². The number of carbonyl (C=O) groups is 1. The van der Waals surface area contributed by atoms with Gasteiger partial charge in [-0.05, 0) is 5.92 Å². The van der Waals surface area contributed by atoms with Crippen molar-refractivity contribution in [2.24, 2.45) is 11.8 Å². The number of carboxylic acid groups (broad SMARTS) is 1. The molecular formula is C10H22O2. The van der Waals surface area contributed by atoms with E-state index in [4.69, 9.17) is 5.11 Å². The first-order valence-electron chi connectivity index (χ1n) is 4.64. The molecule has 0 aromatic carbocycles. The second-order valence-electron chi connectivity index (χ2n) is 3.68. The molecule has 0 aromatic heterocycles. The molecule has 0 heterocycles. The molecule has 0 atom stereocenters. The standard InChI is InChI=1S/C6H14.C4H8O2/c1-4-5-6(2)3;1-3(2)4(5)6/h6H,4-5H2,1-3H3;3H,1-2H3,(H,5,6). The summed E-state index contributed by atoms with van der Waals surface area (Å²) < 4.78 is 0. The Morgan fingerprint density at radius 3 is 1.58 bits per heavy atom. The third kappa shape index (κ3) is 16.2. The minimum Gasteiger partial charge on any atom is -0.481 e. The van der Waals surface area contributed by atoms with E-state index in [0.29, 0.717) is 0 Å². The van der Waals surface area contributed by atoms with Crippen molar-refractivity contribution in [3.63, 3.8) is 0 Å². The van der Waals surface area contributed by atoms with Gasteiger partial charge in [0.1, 0.15) is 0 Å². The first kappa shape index (κ1) is 14.0. The highest BCUT2D eigenvalue weighted by molar-refractivity contribution is 5.68. The maximum Gasteiger partial charge on any atom is 0.305 e. The maximum atomic E-state index is 9.70. The number of hydrogen-bond donors (Lipinski definition) is 1. The maximum absolute atomic E-state index is 9.70. The summed E-state index contributed by atoms with van der Waals surface area (Å²) in [5.41, 5.74) is 0. The number of aliphatic carboxylic acids is 1. The normalized spacial score (nSPS) is 9.58. The summed E-state index contributed by atoms with van der Waals surface area (Å²) in [6, 6.07) is 0. The van der Waals surface area contributed by atoms with Gasteiger partial charge in [-0.2, -0.15) is 0 Å². The largest absolute Gasteiger partial charge is 0.481 e. The first-order chi connectivity index (χ1) is 5.41. The molecule has 0 aliphatic heterocycles. The van der Waals surface area contributed by atoms with Crippen LogP contribution in [0.1, 0.15) is 47.5 Å². The SMILES string of the molecule is CC(C)C(=O)O.CCCC(C)C. The number of hydrogen-bond acceptors (Lipinski definition) is 1. The molecule has 0 aromatic rings. The van der Waals surface area contributed by atoms with Crippen LogP contribution in [0.15, 0.2) is 0 Å². The Kier molecular flexibility index (Phi) is 10.0. The lowest BCUT2D eigenvalue weighted by Crippen LogP contribution is -2.03. The molecule has 2 heteroatoms. The molecule has 2 nitrogen and oxygen atoms in total. The van der Waals surface area contributed by atoms with E-state index < -0.39 is 5.97 Å². The van der Waals surface area contributed by atoms with Crippen molar-refractivity contribution in [2.75, 3.05) is 0 Å². The van der Waals surface area contributed by atoms with Crippen LogP contribution in [0.4, 0.5) is 0 Å². The smallest absolute Gasteiger partial charge is 0.305 e. The molecular weight excluding hydrogens is 152 g/mol. The fraction of sp³-hybridized carbons (Fsp3) is 0.900. The van der Waals surface area contributed by atoms with Crippen LogP contribution in [-0.4, -0.2) is 11.1 Å². The Morgan fingerprint density at radius 1 is 1.25 bits per heavy atom. The third-order valence-corrected chi connectivity index (χ3v) is 1.36. The summed E-state index contributed by atoms with van der Waals surface area (Å²) in [5.74, 6) is -0.0741. The minimum atomic E-state index is -0.741. The van der Waals surface area contributed by atoms with Crippen molar-refractivity contribution >= 4 is 5.97 Å². The lowest BCUT2D eigenvalue weighted by atomic mass is 10.1. The third-order valence-electron chi connectivity index (χ3n) is 1.36. The van der Waals surface area contributed by atoms with Crippen LogP contribution in [0.25, 0.3) is 0 Å². The summed E-state index contributed by atoms with van der Waals surface area (Å²) in [5, 5.41) is 7.99. The fourth-order valence-electron chi connectivity index (χ4n) is 0.577. The van der Waals surface area contributed by atoms with Crippen LogP contribution < -0.4 is 0 Å². The molecule has 0 radical (unpaired) electrons. The van der Waals surface area contributed by atoms with Crippen molar-refractivity contribution in [3.05, 3.63) is 0 Å². The van der Waals surface area contributed by atoms with E-state index in [0.717, 1.165) is 5.92 Å². The van der Waals surface area contributed by atoms with Crippen LogP contribution in [-0.2, 0) is 4.79 Å². The first-order valence-corrected chi connectivity index (χ1v) is 4.64. The van der Waals surface area contributed by atoms with E-state index >= 15 is 0 Å². The van der Waals surface area contributed by atoms with Gasteiger partial charge in [0.05, 0.1) is 5.92 Å². The van der Waals surface area contributed by atoms with Gasteiger partial charge in [0.2, 0.25) is 0 Å². The van der Waals surface area contributed by atoms with E-state index in [9.17, 15) is 4.79 Å². The highest BCUT2D eigenvalue weighted by atomic mass is 16.4. The van der Waals surface area contributed by atoms with Crippen LogP contribution in [0.2, 0.25) is 0 Å². The van der Waals surface area contributed by atoms with Crippen molar-refractivity contribution in [1.29, 1.82) is 0 Å². The zero-order chi connectivity index (χ0) is 10.1. The molecule has 0 fully saturated rings. The Balaban J connectivity index is 0. The quantitative estimate of drug-likeness (QED) is 0.713. The van der Waals surface area contributed by atoms with Gasteiger partial charge in [0.15, 0.2) is 0 Å². The average Bonchev–Trinajstić information content (AvgIpc) is 1.87. The Labute approximate surface area is 76.0 Å². The summed E-state index contributed by atoms with van der Waals surface area (Å²) in [6.45, 7) is 10.0. The topological polar surface area (TPSA) is 37.3 Å². The molecule has 12 heavy (non-hydrogen) atoms. The number of carboxylic acids is 1. The molecule has 0 rings (SSSR count). The Morgan fingerprint density at radius 2 is 1.58 bits per heavy atom. The summed E-state index contributed by atoms with van der Waals surface area (Å²) in [4.78, 5) is 9.70. The Bertz CT molecular complexity index is 106. The molecule has 0 bridgehead atoms. The predicted octanol–water partition coefficient (Wildman–Crippen LogP) is 3.17. The summed E-state index contributed by atoms with van der Waals surface area (Å²) in [7, 11) is 0. The van der Waals surface area contributed by atoms with Gasteiger partial charge < -0.3 is 5.11 Å². The monoisotopic (exact) mass is 174 g/mol. The van der Waals surface area contributed by atoms with Crippen LogP contribution >= 0.6 is 0 Å². The molecule has 0 aliphatic rings. The van der Waals surface area contributed by atoms with Crippen molar-refractivity contribution < 1.29 is 9.90 Å². The Hall–Kier alpha value is -0.530. The minimum absolute atomic E-state index is 0.231. The lowest BCUT2D eigenvalue weighted by Gasteiger charge is -1.95. The molecule has 0 saturated heterocycles. The van der Waals surface area contributed by atoms with Gasteiger partial charge in [-0.15, -0.1) is 0 Å². The van der Waals surface area contributed by atoms with Crippen molar-refractivity contribution in [3.8, 4) is 0 Å². The van der Waals surface area contributed by atoms with Crippen LogP contribution in [0, 0.1) is 11.8 Å². The van der Waals surface area contributed by atoms with Gasteiger partial charge in [-0.3, -0.25) is 4.79 Å². The highest BCUT2D eigenvalue weighted by Crippen LogP contribution is 2.00. The molecule has 0 aliphatic carbocycles.